The smallest absolute Gasteiger partial charge is 0.252 e. The van der Waals surface area contributed by atoms with Gasteiger partial charge in [0.25, 0.3) is 5.91 Å². The van der Waals surface area contributed by atoms with Crippen LogP contribution in [0.1, 0.15) is 28.4 Å². The Bertz CT molecular complexity index is 642. The number of hydrogen-bond donors (Lipinski definition) is 2. The van der Waals surface area contributed by atoms with Crippen LogP contribution in [0.4, 0.5) is 0 Å². The van der Waals surface area contributed by atoms with Crippen molar-refractivity contribution in [3.8, 4) is 5.75 Å². The minimum Gasteiger partial charge on any atom is -0.508 e. The van der Waals surface area contributed by atoms with Crippen molar-refractivity contribution in [1.29, 1.82) is 0 Å². The first-order valence-electron chi connectivity index (χ1n) is 6.70. The number of phenols is 1. The summed E-state index contributed by atoms with van der Waals surface area (Å²) in [5, 5.41) is 13.3. The number of halogens is 1. The van der Waals surface area contributed by atoms with E-state index in [4.69, 9.17) is 0 Å². The molecule has 0 saturated carbocycles. The summed E-state index contributed by atoms with van der Waals surface area (Å²) >= 11 is 3.47. The Hall–Kier alpha value is -1.81. The maximum Gasteiger partial charge on any atom is 0.252 e. The van der Waals surface area contributed by atoms with Crippen LogP contribution in [0.2, 0.25) is 0 Å². The average Bonchev–Trinajstić information content (AvgIpc) is 2.50. The van der Waals surface area contributed by atoms with Gasteiger partial charge >= 0.3 is 0 Å². The van der Waals surface area contributed by atoms with Crippen molar-refractivity contribution in [1.82, 2.24) is 5.32 Å². The van der Waals surface area contributed by atoms with E-state index in [-0.39, 0.29) is 11.7 Å². The second kappa shape index (κ2) is 6.31. The molecule has 1 atom stereocenters. The van der Waals surface area contributed by atoms with Crippen LogP contribution in [0, 0.1) is 6.92 Å². The Morgan fingerprint density at radius 3 is 2.48 bits per heavy atom. The minimum absolute atomic E-state index is 0.128. The fraction of sp³-hybridized carbons (Fsp3) is 0.235. The molecule has 3 nitrogen and oxygen atoms in total. The molecule has 0 aliphatic rings. The van der Waals surface area contributed by atoms with Gasteiger partial charge in [-0.2, -0.15) is 0 Å². The highest BCUT2D eigenvalue weighted by Crippen LogP contribution is 2.24. The first kappa shape index (κ1) is 15.6. The fourth-order valence-electron chi connectivity index (χ4n) is 2.06. The molecule has 0 fully saturated rings. The van der Waals surface area contributed by atoms with Gasteiger partial charge in [0.1, 0.15) is 5.75 Å². The molecule has 0 aliphatic carbocycles. The van der Waals surface area contributed by atoms with Gasteiger partial charge in [-0.15, -0.1) is 0 Å². The molecule has 2 rings (SSSR count). The van der Waals surface area contributed by atoms with Crippen LogP contribution in [0.3, 0.4) is 0 Å². The molecule has 0 spiro atoms. The molecule has 4 heteroatoms. The van der Waals surface area contributed by atoms with Crippen molar-refractivity contribution in [2.45, 2.75) is 19.4 Å². The number of nitrogens with one attached hydrogen (secondary N) is 1. The van der Waals surface area contributed by atoms with Gasteiger partial charge in [0.2, 0.25) is 0 Å². The first-order chi connectivity index (χ1) is 9.96. The molecule has 0 radical (unpaired) electrons. The number of carbonyl (C=O) groups is 1. The van der Waals surface area contributed by atoms with E-state index in [2.05, 4.69) is 21.2 Å². The van der Waals surface area contributed by atoms with E-state index in [0.717, 1.165) is 11.1 Å². The molecule has 2 N–H and O–H groups in total. The van der Waals surface area contributed by atoms with E-state index in [1.807, 2.05) is 37.3 Å². The number of aromatic hydroxyl groups is 1. The Morgan fingerprint density at radius 1 is 1.24 bits per heavy atom. The highest BCUT2D eigenvalue weighted by Gasteiger charge is 2.27. The molecule has 2 aromatic carbocycles. The maximum absolute atomic E-state index is 12.4. The van der Waals surface area contributed by atoms with E-state index in [0.29, 0.717) is 10.9 Å². The van der Waals surface area contributed by atoms with E-state index in [1.165, 1.54) is 6.07 Å². The number of carbonyl (C=O) groups excluding carboxylic acids is 1. The summed E-state index contributed by atoms with van der Waals surface area (Å²) in [6, 6.07) is 14.7. The molecular formula is C17H18BrNO2. The van der Waals surface area contributed by atoms with Gasteiger partial charge in [0.15, 0.2) is 0 Å². The predicted molar refractivity (Wildman–Crippen MR) is 87.9 cm³/mol. The normalized spacial score (nSPS) is 13.5. The van der Waals surface area contributed by atoms with Crippen molar-refractivity contribution < 1.29 is 9.90 Å². The minimum atomic E-state index is -0.515. The quantitative estimate of drug-likeness (QED) is 0.827. The zero-order chi connectivity index (χ0) is 15.5. The van der Waals surface area contributed by atoms with Crippen LogP contribution in [0.5, 0.6) is 5.75 Å². The lowest BCUT2D eigenvalue weighted by Gasteiger charge is -2.29. The number of phenolic OH excluding ortho intramolecular Hbond substituents is 1. The second-order valence-electron chi connectivity index (χ2n) is 5.29. The van der Waals surface area contributed by atoms with Crippen LogP contribution in [-0.2, 0) is 5.54 Å². The third-order valence-corrected chi connectivity index (χ3v) is 4.66. The lowest BCUT2D eigenvalue weighted by atomic mass is 9.93. The van der Waals surface area contributed by atoms with E-state index in [9.17, 15) is 9.90 Å². The fourth-order valence-corrected chi connectivity index (χ4v) is 2.53. The number of amides is 1. The number of alkyl halides is 1. The molecule has 1 unspecified atom stereocenters. The largest absolute Gasteiger partial charge is 0.508 e. The molecule has 2 aromatic rings. The van der Waals surface area contributed by atoms with Gasteiger partial charge in [-0.3, -0.25) is 4.79 Å². The highest BCUT2D eigenvalue weighted by molar-refractivity contribution is 9.09. The van der Waals surface area contributed by atoms with Crippen LogP contribution in [0.25, 0.3) is 0 Å². The SMILES string of the molecule is Cc1ccc(C(=O)NC(C)(CBr)c2ccccc2)cc1O. The van der Waals surface area contributed by atoms with E-state index < -0.39 is 5.54 Å². The van der Waals surface area contributed by atoms with Gasteiger partial charge in [-0.25, -0.2) is 0 Å². The molecule has 0 heterocycles. The Balaban J connectivity index is 2.26. The standard InChI is InChI=1S/C17H18BrNO2/c1-12-8-9-13(10-15(12)20)16(21)19-17(2,11-18)14-6-4-3-5-7-14/h3-10,20H,11H2,1-2H3,(H,19,21). The molecule has 110 valence electrons. The molecule has 21 heavy (non-hydrogen) atoms. The molecule has 0 aliphatic heterocycles. The molecule has 0 aromatic heterocycles. The van der Waals surface area contributed by atoms with Gasteiger partial charge in [-0.1, -0.05) is 52.3 Å². The topological polar surface area (TPSA) is 49.3 Å². The summed E-state index contributed by atoms with van der Waals surface area (Å²) in [6.07, 6.45) is 0. The average molecular weight is 348 g/mol. The number of rotatable bonds is 4. The lowest BCUT2D eigenvalue weighted by Crippen LogP contribution is -2.44. The van der Waals surface area contributed by atoms with Crippen LogP contribution >= 0.6 is 15.9 Å². The van der Waals surface area contributed by atoms with Crippen molar-refractivity contribution in [2.24, 2.45) is 0 Å². The van der Waals surface area contributed by atoms with Crippen LogP contribution in [-0.4, -0.2) is 16.3 Å². The Morgan fingerprint density at radius 2 is 1.90 bits per heavy atom. The summed E-state index contributed by atoms with van der Waals surface area (Å²) in [5.41, 5.74) is 1.70. The van der Waals surface area contributed by atoms with Crippen molar-refractivity contribution in [2.75, 3.05) is 5.33 Å². The zero-order valence-corrected chi connectivity index (χ0v) is 13.6. The van der Waals surface area contributed by atoms with Gasteiger partial charge in [0.05, 0.1) is 5.54 Å². The summed E-state index contributed by atoms with van der Waals surface area (Å²) in [4.78, 5) is 12.4. The Kier molecular flexibility index (Phi) is 4.68. The van der Waals surface area contributed by atoms with Gasteiger partial charge in [-0.05, 0) is 37.1 Å². The summed E-state index contributed by atoms with van der Waals surface area (Å²) in [6.45, 7) is 3.76. The molecule has 0 bridgehead atoms. The number of aryl methyl sites for hydroxylation is 1. The first-order valence-corrected chi connectivity index (χ1v) is 7.82. The molecule has 0 saturated heterocycles. The molecule has 1 amide bonds. The van der Waals surface area contributed by atoms with Crippen LogP contribution in [0.15, 0.2) is 48.5 Å². The van der Waals surface area contributed by atoms with E-state index >= 15 is 0 Å². The summed E-state index contributed by atoms with van der Waals surface area (Å²) in [7, 11) is 0. The maximum atomic E-state index is 12.4. The summed E-state index contributed by atoms with van der Waals surface area (Å²) in [5.74, 6) is -0.0843. The van der Waals surface area contributed by atoms with Gasteiger partial charge in [0, 0.05) is 10.9 Å². The zero-order valence-electron chi connectivity index (χ0n) is 12.1. The lowest BCUT2D eigenvalue weighted by molar-refractivity contribution is 0.0913. The van der Waals surface area contributed by atoms with Crippen molar-refractivity contribution in [3.63, 3.8) is 0 Å². The van der Waals surface area contributed by atoms with Gasteiger partial charge < -0.3 is 10.4 Å². The monoisotopic (exact) mass is 347 g/mol. The number of hydrogen-bond acceptors (Lipinski definition) is 2. The second-order valence-corrected chi connectivity index (χ2v) is 5.85. The highest BCUT2D eigenvalue weighted by atomic mass is 79.9. The number of benzene rings is 2. The van der Waals surface area contributed by atoms with Crippen LogP contribution < -0.4 is 5.32 Å². The predicted octanol–water partition coefficient (Wildman–Crippen LogP) is 3.74. The van der Waals surface area contributed by atoms with Crippen molar-refractivity contribution >= 4 is 21.8 Å². The van der Waals surface area contributed by atoms with Crippen molar-refractivity contribution in [3.05, 3.63) is 65.2 Å². The van der Waals surface area contributed by atoms with E-state index in [1.54, 1.807) is 19.1 Å². The third kappa shape index (κ3) is 3.45. The molecular weight excluding hydrogens is 330 g/mol. The Labute approximate surface area is 133 Å². The third-order valence-electron chi connectivity index (χ3n) is 3.54. The summed E-state index contributed by atoms with van der Waals surface area (Å²) < 4.78 is 0.